The van der Waals surface area contributed by atoms with Crippen LogP contribution in [0.5, 0.6) is 5.75 Å². The Labute approximate surface area is 147 Å². The zero-order valence-corrected chi connectivity index (χ0v) is 14.9. The topological polar surface area (TPSA) is 119 Å². The number of hydrogen-bond donors (Lipinski definition) is 2. The van der Waals surface area contributed by atoms with Crippen LogP contribution in [0.15, 0.2) is 24.3 Å². The van der Waals surface area contributed by atoms with E-state index in [-0.39, 0.29) is 43.1 Å². The van der Waals surface area contributed by atoms with E-state index < -0.39 is 10.0 Å². The van der Waals surface area contributed by atoms with Gasteiger partial charge in [0, 0.05) is 31.1 Å². The molecule has 1 saturated heterocycles. The van der Waals surface area contributed by atoms with Gasteiger partial charge in [0.05, 0.1) is 12.9 Å². The van der Waals surface area contributed by atoms with Crippen molar-refractivity contribution in [2.45, 2.75) is 12.8 Å². The van der Waals surface area contributed by atoms with Crippen molar-refractivity contribution in [3.05, 3.63) is 29.8 Å². The quantitative estimate of drug-likeness (QED) is 0.699. The number of sulfonamides is 1. The Morgan fingerprint density at radius 2 is 2.00 bits per heavy atom. The summed E-state index contributed by atoms with van der Waals surface area (Å²) in [5.74, 6) is -0.648. The smallest absolute Gasteiger partial charge is 0.251 e. The van der Waals surface area contributed by atoms with Gasteiger partial charge in [-0.25, -0.2) is 12.7 Å². The maximum Gasteiger partial charge on any atom is 0.251 e. The van der Waals surface area contributed by atoms with Crippen molar-refractivity contribution < 1.29 is 22.7 Å². The van der Waals surface area contributed by atoms with E-state index in [1.807, 2.05) is 0 Å². The van der Waals surface area contributed by atoms with Gasteiger partial charge in [0.15, 0.2) is 0 Å². The first-order valence-electron chi connectivity index (χ1n) is 8.03. The van der Waals surface area contributed by atoms with Gasteiger partial charge in [0.2, 0.25) is 15.9 Å². The van der Waals surface area contributed by atoms with Gasteiger partial charge >= 0.3 is 0 Å². The Kier molecular flexibility index (Phi) is 6.38. The minimum Gasteiger partial charge on any atom is -0.497 e. The molecule has 138 valence electrons. The van der Waals surface area contributed by atoms with Crippen LogP contribution in [0.25, 0.3) is 0 Å². The average molecular weight is 369 g/mol. The summed E-state index contributed by atoms with van der Waals surface area (Å²) in [6, 6.07) is 6.61. The van der Waals surface area contributed by atoms with Crippen molar-refractivity contribution in [3.63, 3.8) is 0 Å². The fraction of sp³-hybridized carbons (Fsp3) is 0.500. The molecule has 8 nitrogen and oxygen atoms in total. The molecule has 0 aliphatic carbocycles. The van der Waals surface area contributed by atoms with Gasteiger partial charge in [0.25, 0.3) is 5.91 Å². The monoisotopic (exact) mass is 369 g/mol. The zero-order chi connectivity index (χ0) is 18.4. The standard InChI is InChI=1S/C16H23N3O5S/c1-24-14-4-2-3-13(11-14)16(21)18-7-10-25(22,23)19-8-5-12(6-9-19)15(17)20/h2-4,11-12H,5-10H2,1H3,(H2,17,20)(H,18,21). The van der Waals surface area contributed by atoms with Crippen LogP contribution in [0.2, 0.25) is 0 Å². The number of benzene rings is 1. The van der Waals surface area contributed by atoms with Gasteiger partial charge in [-0.2, -0.15) is 0 Å². The molecule has 0 saturated carbocycles. The van der Waals surface area contributed by atoms with Crippen molar-refractivity contribution in [2.24, 2.45) is 11.7 Å². The number of methoxy groups -OCH3 is 1. The molecule has 0 aromatic heterocycles. The van der Waals surface area contributed by atoms with Crippen LogP contribution in [0, 0.1) is 5.92 Å². The fourth-order valence-corrected chi connectivity index (χ4v) is 4.09. The van der Waals surface area contributed by atoms with Gasteiger partial charge < -0.3 is 15.8 Å². The maximum atomic E-state index is 12.3. The lowest BCUT2D eigenvalue weighted by molar-refractivity contribution is -0.122. The molecule has 1 heterocycles. The Bertz CT molecular complexity index is 727. The summed E-state index contributed by atoms with van der Waals surface area (Å²) in [4.78, 5) is 23.2. The van der Waals surface area contributed by atoms with E-state index in [1.54, 1.807) is 24.3 Å². The number of ether oxygens (including phenoxy) is 1. The summed E-state index contributed by atoms with van der Waals surface area (Å²) >= 11 is 0. The maximum absolute atomic E-state index is 12.3. The molecule has 3 N–H and O–H groups in total. The number of amides is 2. The van der Waals surface area contributed by atoms with E-state index >= 15 is 0 Å². The van der Waals surface area contributed by atoms with Crippen molar-refractivity contribution >= 4 is 21.8 Å². The molecule has 2 rings (SSSR count). The number of hydrogen-bond acceptors (Lipinski definition) is 5. The molecule has 0 unspecified atom stereocenters. The zero-order valence-electron chi connectivity index (χ0n) is 14.1. The molecule has 1 aliphatic heterocycles. The van der Waals surface area contributed by atoms with Crippen LogP contribution in [0.4, 0.5) is 0 Å². The minimum absolute atomic E-state index is 0.00806. The van der Waals surface area contributed by atoms with Crippen molar-refractivity contribution in [2.75, 3.05) is 32.5 Å². The van der Waals surface area contributed by atoms with Crippen LogP contribution >= 0.6 is 0 Å². The predicted molar refractivity (Wildman–Crippen MR) is 92.6 cm³/mol. The van der Waals surface area contributed by atoms with E-state index in [4.69, 9.17) is 10.5 Å². The molecule has 0 atom stereocenters. The normalized spacial score (nSPS) is 16.4. The molecule has 2 amide bonds. The van der Waals surface area contributed by atoms with Gasteiger partial charge in [-0.05, 0) is 31.0 Å². The number of rotatable bonds is 7. The third-order valence-electron chi connectivity index (χ3n) is 4.23. The lowest BCUT2D eigenvalue weighted by Gasteiger charge is -2.29. The number of nitrogens with zero attached hydrogens (tertiary/aromatic N) is 1. The van der Waals surface area contributed by atoms with Crippen molar-refractivity contribution in [1.82, 2.24) is 9.62 Å². The molecule has 0 radical (unpaired) electrons. The first-order valence-corrected chi connectivity index (χ1v) is 9.64. The van der Waals surface area contributed by atoms with Gasteiger partial charge in [0.1, 0.15) is 5.75 Å². The van der Waals surface area contributed by atoms with Gasteiger partial charge in [-0.1, -0.05) is 6.07 Å². The molecule has 0 bridgehead atoms. The number of piperidine rings is 1. The molecule has 25 heavy (non-hydrogen) atoms. The molecule has 1 aliphatic rings. The van der Waals surface area contributed by atoms with Crippen LogP contribution in [-0.4, -0.2) is 57.0 Å². The van der Waals surface area contributed by atoms with Crippen LogP contribution < -0.4 is 15.8 Å². The fourth-order valence-electron chi connectivity index (χ4n) is 2.71. The molecule has 9 heteroatoms. The summed E-state index contributed by atoms with van der Waals surface area (Å²) in [6.45, 7) is 0.563. The van der Waals surface area contributed by atoms with E-state index in [0.29, 0.717) is 24.2 Å². The largest absolute Gasteiger partial charge is 0.497 e. The van der Waals surface area contributed by atoms with Crippen molar-refractivity contribution in [3.8, 4) is 5.75 Å². The van der Waals surface area contributed by atoms with Gasteiger partial charge in [-0.15, -0.1) is 0 Å². The second-order valence-electron chi connectivity index (χ2n) is 5.88. The summed E-state index contributed by atoms with van der Waals surface area (Å²) in [6.07, 6.45) is 0.871. The number of primary amides is 1. The molecule has 1 fully saturated rings. The first-order chi connectivity index (χ1) is 11.8. The third-order valence-corrected chi connectivity index (χ3v) is 6.10. The predicted octanol–water partition coefficient (Wildman–Crippen LogP) is -0.0479. The highest BCUT2D eigenvalue weighted by Gasteiger charge is 2.29. The van der Waals surface area contributed by atoms with Crippen LogP contribution in [0.1, 0.15) is 23.2 Å². The van der Waals surface area contributed by atoms with E-state index in [1.165, 1.54) is 11.4 Å². The summed E-state index contributed by atoms with van der Waals surface area (Å²) in [5.41, 5.74) is 5.65. The van der Waals surface area contributed by atoms with Crippen LogP contribution in [0.3, 0.4) is 0 Å². The third kappa shape index (κ3) is 5.17. The Balaban J connectivity index is 1.84. The number of nitrogens with one attached hydrogen (secondary N) is 1. The number of carbonyl (C=O) groups excluding carboxylic acids is 2. The Morgan fingerprint density at radius 1 is 1.32 bits per heavy atom. The molecular weight excluding hydrogens is 346 g/mol. The molecule has 0 spiro atoms. The first kappa shape index (κ1) is 19.2. The molecular formula is C16H23N3O5S. The summed E-state index contributed by atoms with van der Waals surface area (Å²) < 4.78 is 31.0. The lowest BCUT2D eigenvalue weighted by atomic mass is 9.98. The minimum atomic E-state index is -3.48. The highest BCUT2D eigenvalue weighted by atomic mass is 32.2. The Hall–Kier alpha value is -2.13. The second kappa shape index (κ2) is 8.30. The summed E-state index contributed by atoms with van der Waals surface area (Å²) in [7, 11) is -1.98. The lowest BCUT2D eigenvalue weighted by Crippen LogP contribution is -2.44. The highest BCUT2D eigenvalue weighted by Crippen LogP contribution is 2.19. The molecule has 1 aromatic rings. The van der Waals surface area contributed by atoms with Gasteiger partial charge in [-0.3, -0.25) is 9.59 Å². The van der Waals surface area contributed by atoms with Crippen molar-refractivity contribution in [1.29, 1.82) is 0 Å². The van der Waals surface area contributed by atoms with Crippen LogP contribution in [-0.2, 0) is 14.8 Å². The SMILES string of the molecule is COc1cccc(C(=O)NCCS(=O)(=O)N2CCC(C(N)=O)CC2)c1. The molecule has 1 aromatic carbocycles. The number of nitrogens with two attached hydrogens (primary N) is 1. The average Bonchev–Trinajstić information content (AvgIpc) is 2.61. The van der Waals surface area contributed by atoms with E-state index in [9.17, 15) is 18.0 Å². The highest BCUT2D eigenvalue weighted by molar-refractivity contribution is 7.89. The van der Waals surface area contributed by atoms with E-state index in [0.717, 1.165) is 0 Å². The second-order valence-corrected chi connectivity index (χ2v) is 7.97. The summed E-state index contributed by atoms with van der Waals surface area (Å²) in [5, 5.41) is 2.60. The van der Waals surface area contributed by atoms with E-state index in [2.05, 4.69) is 5.32 Å². The Morgan fingerprint density at radius 3 is 2.60 bits per heavy atom. The number of carbonyl (C=O) groups is 2.